The summed E-state index contributed by atoms with van der Waals surface area (Å²) in [5.74, 6) is -1.03. The molecule has 142 valence electrons. The number of aromatic hydroxyl groups is 1. The summed E-state index contributed by atoms with van der Waals surface area (Å²) in [4.78, 5) is 15.9. The minimum atomic E-state index is -1.18. The molecule has 0 fully saturated rings. The summed E-state index contributed by atoms with van der Waals surface area (Å²) < 4.78 is 2.02. The molecule has 2 aromatic heterocycles. The number of hydrogen-bond donors (Lipinski definition) is 2. The monoisotopic (exact) mass is 382 g/mol. The Labute approximate surface area is 167 Å². The van der Waals surface area contributed by atoms with Gasteiger partial charge in [-0.2, -0.15) is 0 Å². The summed E-state index contributed by atoms with van der Waals surface area (Å²) in [6.45, 7) is 0. The second kappa shape index (κ2) is 6.63. The van der Waals surface area contributed by atoms with Crippen LogP contribution in [-0.4, -0.2) is 25.7 Å². The van der Waals surface area contributed by atoms with Crippen LogP contribution in [0, 0.1) is 0 Å². The number of aromatic nitrogens is 2. The first-order valence-electron chi connectivity index (χ1n) is 9.44. The molecule has 0 saturated carbocycles. The van der Waals surface area contributed by atoms with E-state index >= 15 is 0 Å². The lowest BCUT2D eigenvalue weighted by atomic mass is 9.90. The van der Waals surface area contributed by atoms with E-state index in [-0.39, 0.29) is 11.3 Å². The van der Waals surface area contributed by atoms with E-state index in [4.69, 9.17) is 0 Å². The average Bonchev–Trinajstić information content (AvgIpc) is 3.15. The third kappa shape index (κ3) is 2.79. The van der Waals surface area contributed by atoms with Crippen molar-refractivity contribution in [1.29, 1.82) is 0 Å². The fraction of sp³-hybridized carbons (Fsp3) is 0.0833. The molecule has 1 aliphatic rings. The van der Waals surface area contributed by atoms with Crippen molar-refractivity contribution in [3.05, 3.63) is 89.7 Å². The third-order valence-corrected chi connectivity index (χ3v) is 5.44. The summed E-state index contributed by atoms with van der Waals surface area (Å²) in [6, 6.07) is 21.9. The Morgan fingerprint density at radius 1 is 0.931 bits per heavy atom. The molecule has 2 heterocycles. The van der Waals surface area contributed by atoms with Crippen molar-refractivity contribution in [1.82, 2.24) is 9.55 Å². The summed E-state index contributed by atoms with van der Waals surface area (Å²) >= 11 is 0. The lowest BCUT2D eigenvalue weighted by Crippen LogP contribution is -2.11. The van der Waals surface area contributed by atoms with Crippen LogP contribution in [0.1, 0.15) is 21.6 Å². The van der Waals surface area contributed by atoms with Gasteiger partial charge in [-0.1, -0.05) is 54.6 Å². The van der Waals surface area contributed by atoms with Crippen LogP contribution in [-0.2, 0) is 12.8 Å². The number of fused-ring (bicyclic) bond motifs is 3. The number of nitrogens with zero attached hydrogens (tertiary/aromatic N) is 2. The Hall–Kier alpha value is -3.86. The molecule has 0 bridgehead atoms. The van der Waals surface area contributed by atoms with Gasteiger partial charge < -0.3 is 10.2 Å². The van der Waals surface area contributed by atoms with Gasteiger partial charge in [0, 0.05) is 11.3 Å². The number of carboxylic acids is 1. The molecule has 0 aliphatic heterocycles. The van der Waals surface area contributed by atoms with Crippen molar-refractivity contribution in [2.75, 3.05) is 0 Å². The lowest BCUT2D eigenvalue weighted by Gasteiger charge is -2.19. The van der Waals surface area contributed by atoms with E-state index in [9.17, 15) is 15.0 Å². The predicted molar refractivity (Wildman–Crippen MR) is 110 cm³/mol. The molecular weight excluding hydrogens is 364 g/mol. The maximum atomic E-state index is 11.6. The van der Waals surface area contributed by atoms with E-state index in [1.165, 1.54) is 23.4 Å². The third-order valence-electron chi connectivity index (χ3n) is 5.44. The van der Waals surface area contributed by atoms with Gasteiger partial charge in [0.25, 0.3) is 0 Å². The molecule has 0 unspecified atom stereocenters. The second-order valence-electron chi connectivity index (χ2n) is 7.11. The van der Waals surface area contributed by atoms with E-state index in [0.717, 1.165) is 35.4 Å². The highest BCUT2D eigenvalue weighted by atomic mass is 16.4. The van der Waals surface area contributed by atoms with Crippen LogP contribution >= 0.6 is 0 Å². The largest absolute Gasteiger partial charge is 0.505 e. The molecule has 4 aromatic rings. The van der Waals surface area contributed by atoms with Crippen molar-refractivity contribution in [3.63, 3.8) is 0 Å². The molecular formula is C24H18N2O3. The summed E-state index contributed by atoms with van der Waals surface area (Å²) in [5, 5.41) is 19.4. The van der Waals surface area contributed by atoms with Crippen LogP contribution in [0.25, 0.3) is 28.2 Å². The van der Waals surface area contributed by atoms with Gasteiger partial charge in [0.1, 0.15) is 17.1 Å². The first-order chi connectivity index (χ1) is 14.1. The Bertz CT molecular complexity index is 1240. The topological polar surface area (TPSA) is 75.3 Å². The number of carboxylic acid groups (broad SMARTS) is 1. The highest BCUT2D eigenvalue weighted by Gasteiger charge is 2.25. The molecule has 0 amide bonds. The molecule has 0 saturated heterocycles. The van der Waals surface area contributed by atoms with Crippen molar-refractivity contribution >= 4 is 5.97 Å². The number of rotatable bonds is 3. The van der Waals surface area contributed by atoms with E-state index in [1.807, 2.05) is 41.0 Å². The van der Waals surface area contributed by atoms with Gasteiger partial charge in [-0.3, -0.25) is 4.57 Å². The zero-order valence-corrected chi connectivity index (χ0v) is 15.5. The average molecular weight is 382 g/mol. The quantitative estimate of drug-likeness (QED) is 0.538. The molecule has 29 heavy (non-hydrogen) atoms. The molecule has 0 atom stereocenters. The Morgan fingerprint density at radius 3 is 2.48 bits per heavy atom. The molecule has 0 spiro atoms. The van der Waals surface area contributed by atoms with Gasteiger partial charge in [-0.15, -0.1) is 0 Å². The van der Waals surface area contributed by atoms with E-state index in [2.05, 4.69) is 29.2 Å². The zero-order chi connectivity index (χ0) is 20.0. The molecule has 5 rings (SSSR count). The number of hydrogen-bond acceptors (Lipinski definition) is 3. The van der Waals surface area contributed by atoms with Gasteiger partial charge in [-0.25, -0.2) is 9.78 Å². The van der Waals surface area contributed by atoms with Crippen molar-refractivity contribution < 1.29 is 15.0 Å². The van der Waals surface area contributed by atoms with Crippen molar-refractivity contribution in [3.8, 4) is 34.0 Å². The standard InChI is InChI=1S/C24H18N2O3/c27-22-14-25-23(13-19(22)24(28)29)26-20-11-10-15-6-4-5-9-17(15)18(20)12-21(26)16-7-2-1-3-8-16/h1-9,12-14,27H,10-11H2,(H,28,29). The van der Waals surface area contributed by atoms with Crippen molar-refractivity contribution in [2.45, 2.75) is 12.8 Å². The number of aryl methyl sites for hydroxylation is 1. The Balaban J connectivity index is 1.81. The summed E-state index contributed by atoms with van der Waals surface area (Å²) in [6.07, 6.45) is 2.94. The van der Waals surface area contributed by atoms with Crippen LogP contribution in [0.5, 0.6) is 5.75 Å². The molecule has 5 heteroatoms. The molecule has 1 aliphatic carbocycles. The molecule has 2 aromatic carbocycles. The Morgan fingerprint density at radius 2 is 1.69 bits per heavy atom. The van der Waals surface area contributed by atoms with Crippen molar-refractivity contribution in [2.24, 2.45) is 0 Å². The maximum Gasteiger partial charge on any atom is 0.339 e. The fourth-order valence-electron chi connectivity index (χ4n) is 4.10. The first-order valence-corrected chi connectivity index (χ1v) is 9.44. The number of pyridine rings is 1. The Kier molecular flexibility index (Phi) is 3.95. The number of aromatic carboxylic acids is 1. The zero-order valence-electron chi connectivity index (χ0n) is 15.5. The normalized spacial score (nSPS) is 12.3. The van der Waals surface area contributed by atoms with Gasteiger partial charge >= 0.3 is 5.97 Å². The first kappa shape index (κ1) is 17.3. The molecule has 5 nitrogen and oxygen atoms in total. The lowest BCUT2D eigenvalue weighted by molar-refractivity contribution is 0.0693. The highest BCUT2D eigenvalue weighted by molar-refractivity contribution is 5.91. The molecule has 0 radical (unpaired) electrons. The highest BCUT2D eigenvalue weighted by Crippen LogP contribution is 2.40. The fourth-order valence-corrected chi connectivity index (χ4v) is 4.10. The van der Waals surface area contributed by atoms with E-state index in [1.54, 1.807) is 0 Å². The molecule has 2 N–H and O–H groups in total. The minimum absolute atomic E-state index is 0.160. The van der Waals surface area contributed by atoms with Crippen LogP contribution in [0.3, 0.4) is 0 Å². The predicted octanol–water partition coefficient (Wildman–Crippen LogP) is 4.71. The van der Waals surface area contributed by atoms with Crippen LogP contribution < -0.4 is 0 Å². The van der Waals surface area contributed by atoms with Gasteiger partial charge in [0.05, 0.1) is 11.9 Å². The number of carbonyl (C=O) groups is 1. The SMILES string of the molecule is O=C(O)c1cc(-n2c(-c3ccccc3)cc3c2CCc2ccccc2-3)ncc1O. The van der Waals surface area contributed by atoms with Gasteiger partial charge in [0.2, 0.25) is 0 Å². The second-order valence-corrected chi connectivity index (χ2v) is 7.11. The summed E-state index contributed by atoms with van der Waals surface area (Å²) in [7, 11) is 0. The van der Waals surface area contributed by atoms with Gasteiger partial charge in [-0.05, 0) is 41.7 Å². The maximum absolute atomic E-state index is 11.6. The summed E-state index contributed by atoms with van der Waals surface area (Å²) in [5.41, 5.74) is 6.54. The van der Waals surface area contributed by atoms with Crippen LogP contribution in [0.4, 0.5) is 0 Å². The van der Waals surface area contributed by atoms with Crippen LogP contribution in [0.2, 0.25) is 0 Å². The van der Waals surface area contributed by atoms with E-state index in [0.29, 0.717) is 5.82 Å². The van der Waals surface area contributed by atoms with E-state index < -0.39 is 5.97 Å². The minimum Gasteiger partial charge on any atom is -0.505 e. The van der Waals surface area contributed by atoms with Gasteiger partial charge in [0.15, 0.2) is 0 Å². The smallest absolute Gasteiger partial charge is 0.339 e. The van der Waals surface area contributed by atoms with Crippen LogP contribution in [0.15, 0.2) is 72.9 Å². The number of benzene rings is 2.